The molecule has 1 atom stereocenters. The molecular formula is C13H20O2. The van der Waals surface area contributed by atoms with Crippen molar-refractivity contribution < 1.29 is 9.59 Å². The summed E-state index contributed by atoms with van der Waals surface area (Å²) in [5.74, 6) is 0.0734. The SMILES string of the molecule is CCC/C=C1/CCCC(C)(C(C)=O)C1=O. The van der Waals surface area contributed by atoms with E-state index in [0.29, 0.717) is 6.42 Å². The molecule has 0 aromatic rings. The highest BCUT2D eigenvalue weighted by molar-refractivity contribution is 6.13. The van der Waals surface area contributed by atoms with Crippen LogP contribution in [0.5, 0.6) is 0 Å². The molecule has 0 bridgehead atoms. The Morgan fingerprint density at radius 2 is 2.20 bits per heavy atom. The van der Waals surface area contributed by atoms with Gasteiger partial charge in [0.05, 0.1) is 5.41 Å². The van der Waals surface area contributed by atoms with Gasteiger partial charge in [-0.15, -0.1) is 0 Å². The van der Waals surface area contributed by atoms with Crippen molar-refractivity contribution in [1.29, 1.82) is 0 Å². The maximum absolute atomic E-state index is 12.1. The largest absolute Gasteiger partial charge is 0.299 e. The van der Waals surface area contributed by atoms with Gasteiger partial charge in [-0.2, -0.15) is 0 Å². The van der Waals surface area contributed by atoms with E-state index in [4.69, 9.17) is 0 Å². The van der Waals surface area contributed by atoms with Gasteiger partial charge in [0.15, 0.2) is 5.78 Å². The summed E-state index contributed by atoms with van der Waals surface area (Å²) in [5.41, 5.74) is 0.137. The fraction of sp³-hybridized carbons (Fsp3) is 0.692. The van der Waals surface area contributed by atoms with Crippen molar-refractivity contribution in [3.63, 3.8) is 0 Å². The molecule has 2 nitrogen and oxygen atoms in total. The van der Waals surface area contributed by atoms with Crippen LogP contribution in [0.1, 0.15) is 52.9 Å². The molecule has 0 amide bonds. The molecule has 1 aliphatic carbocycles. The molecule has 84 valence electrons. The lowest BCUT2D eigenvalue weighted by molar-refractivity contribution is -0.137. The van der Waals surface area contributed by atoms with Crippen LogP contribution in [0.25, 0.3) is 0 Å². The summed E-state index contributed by atoms with van der Waals surface area (Å²) in [6.07, 6.45) is 6.52. The predicted molar refractivity (Wildman–Crippen MR) is 60.6 cm³/mol. The van der Waals surface area contributed by atoms with Crippen LogP contribution < -0.4 is 0 Å². The van der Waals surface area contributed by atoms with Crippen molar-refractivity contribution in [2.24, 2.45) is 5.41 Å². The summed E-state index contributed by atoms with van der Waals surface area (Å²) < 4.78 is 0. The van der Waals surface area contributed by atoms with Crippen molar-refractivity contribution in [2.45, 2.75) is 52.9 Å². The molecular weight excluding hydrogens is 188 g/mol. The number of unbranched alkanes of at least 4 members (excludes halogenated alkanes) is 1. The summed E-state index contributed by atoms with van der Waals surface area (Å²) >= 11 is 0. The minimum absolute atomic E-state index is 0.00889. The number of Topliss-reactive ketones (excluding diaryl/α,β-unsaturated/α-hetero) is 2. The minimum atomic E-state index is -0.738. The van der Waals surface area contributed by atoms with Crippen LogP contribution in [-0.2, 0) is 9.59 Å². The van der Waals surface area contributed by atoms with Gasteiger partial charge >= 0.3 is 0 Å². The number of carbonyl (C=O) groups is 2. The molecule has 1 saturated carbocycles. The number of carbonyl (C=O) groups excluding carboxylic acids is 2. The summed E-state index contributed by atoms with van der Waals surface area (Å²) in [4.78, 5) is 23.6. The van der Waals surface area contributed by atoms with E-state index in [1.807, 2.05) is 6.08 Å². The lowest BCUT2D eigenvalue weighted by atomic mass is 9.70. The summed E-state index contributed by atoms with van der Waals surface area (Å²) in [7, 11) is 0. The average molecular weight is 208 g/mol. The second kappa shape index (κ2) is 4.73. The fourth-order valence-corrected chi connectivity index (χ4v) is 2.06. The van der Waals surface area contributed by atoms with E-state index in [1.165, 1.54) is 6.92 Å². The van der Waals surface area contributed by atoms with E-state index < -0.39 is 5.41 Å². The Labute approximate surface area is 91.7 Å². The fourth-order valence-electron chi connectivity index (χ4n) is 2.06. The van der Waals surface area contributed by atoms with E-state index in [9.17, 15) is 9.59 Å². The highest BCUT2D eigenvalue weighted by atomic mass is 16.2. The quantitative estimate of drug-likeness (QED) is 0.527. The molecule has 1 fully saturated rings. The Balaban J connectivity index is 2.89. The first-order valence-corrected chi connectivity index (χ1v) is 5.77. The number of hydrogen-bond acceptors (Lipinski definition) is 2. The van der Waals surface area contributed by atoms with Gasteiger partial charge in [0.25, 0.3) is 0 Å². The van der Waals surface area contributed by atoms with E-state index in [2.05, 4.69) is 6.92 Å². The second-order valence-corrected chi connectivity index (χ2v) is 4.59. The van der Waals surface area contributed by atoms with E-state index in [1.54, 1.807) is 6.92 Å². The number of allylic oxidation sites excluding steroid dienone is 2. The minimum Gasteiger partial charge on any atom is -0.299 e. The second-order valence-electron chi connectivity index (χ2n) is 4.59. The zero-order valence-electron chi connectivity index (χ0n) is 9.93. The highest BCUT2D eigenvalue weighted by Crippen LogP contribution is 2.36. The number of ketones is 2. The Morgan fingerprint density at radius 1 is 1.53 bits per heavy atom. The maximum atomic E-state index is 12.1. The van der Waals surface area contributed by atoms with Gasteiger partial charge in [0, 0.05) is 0 Å². The number of hydrogen-bond donors (Lipinski definition) is 0. The topological polar surface area (TPSA) is 34.1 Å². The van der Waals surface area contributed by atoms with Crippen molar-refractivity contribution in [3.05, 3.63) is 11.6 Å². The van der Waals surface area contributed by atoms with Gasteiger partial charge in [0.1, 0.15) is 5.78 Å². The highest BCUT2D eigenvalue weighted by Gasteiger charge is 2.41. The van der Waals surface area contributed by atoms with Gasteiger partial charge in [-0.3, -0.25) is 9.59 Å². The first-order chi connectivity index (χ1) is 7.02. The standard InChI is InChI=1S/C13H20O2/c1-4-5-7-11-8-6-9-13(3,10(2)14)12(11)15/h7H,4-6,8-9H2,1-3H3/b11-7-. The molecule has 15 heavy (non-hydrogen) atoms. The van der Waals surface area contributed by atoms with Crippen molar-refractivity contribution in [1.82, 2.24) is 0 Å². The molecule has 0 aliphatic heterocycles. The van der Waals surface area contributed by atoms with Crippen molar-refractivity contribution >= 4 is 11.6 Å². The van der Waals surface area contributed by atoms with Crippen LogP contribution in [0.15, 0.2) is 11.6 Å². The monoisotopic (exact) mass is 208 g/mol. The smallest absolute Gasteiger partial charge is 0.171 e. The Morgan fingerprint density at radius 3 is 2.73 bits per heavy atom. The molecule has 0 aromatic carbocycles. The van der Waals surface area contributed by atoms with Gasteiger partial charge in [-0.25, -0.2) is 0 Å². The molecule has 2 heteroatoms. The summed E-state index contributed by atoms with van der Waals surface area (Å²) in [6.45, 7) is 5.41. The van der Waals surface area contributed by atoms with E-state index in [0.717, 1.165) is 31.3 Å². The third kappa shape index (κ3) is 2.36. The van der Waals surface area contributed by atoms with Crippen LogP contribution in [-0.4, -0.2) is 11.6 Å². The first-order valence-electron chi connectivity index (χ1n) is 5.77. The predicted octanol–water partition coefficient (Wildman–Crippen LogP) is 3.06. The maximum Gasteiger partial charge on any atom is 0.171 e. The molecule has 0 heterocycles. The molecule has 1 unspecified atom stereocenters. The molecule has 0 radical (unpaired) electrons. The third-order valence-corrected chi connectivity index (χ3v) is 3.37. The van der Waals surface area contributed by atoms with Gasteiger partial charge < -0.3 is 0 Å². The molecule has 0 aromatic heterocycles. The van der Waals surface area contributed by atoms with Crippen LogP contribution >= 0.6 is 0 Å². The van der Waals surface area contributed by atoms with Gasteiger partial charge in [-0.1, -0.05) is 19.4 Å². The molecule has 0 saturated heterocycles. The van der Waals surface area contributed by atoms with Crippen LogP contribution in [0.3, 0.4) is 0 Å². The van der Waals surface area contributed by atoms with Crippen molar-refractivity contribution in [2.75, 3.05) is 0 Å². The molecule has 1 rings (SSSR count). The van der Waals surface area contributed by atoms with Gasteiger partial charge in [0.2, 0.25) is 0 Å². The molecule has 0 N–H and O–H groups in total. The zero-order valence-corrected chi connectivity index (χ0v) is 9.93. The lowest BCUT2D eigenvalue weighted by Gasteiger charge is -2.30. The third-order valence-electron chi connectivity index (χ3n) is 3.37. The summed E-state index contributed by atoms with van der Waals surface area (Å²) in [6, 6.07) is 0. The molecule has 1 aliphatic rings. The first kappa shape index (κ1) is 12.2. The van der Waals surface area contributed by atoms with Gasteiger partial charge in [-0.05, 0) is 45.1 Å². The Bertz CT molecular complexity index is 302. The average Bonchev–Trinajstić information content (AvgIpc) is 2.20. The lowest BCUT2D eigenvalue weighted by Crippen LogP contribution is -2.38. The molecule has 0 spiro atoms. The zero-order chi connectivity index (χ0) is 11.5. The van der Waals surface area contributed by atoms with Crippen molar-refractivity contribution in [3.8, 4) is 0 Å². The van der Waals surface area contributed by atoms with Crippen LogP contribution in [0, 0.1) is 5.41 Å². The Kier molecular flexibility index (Phi) is 3.83. The summed E-state index contributed by atoms with van der Waals surface area (Å²) in [5, 5.41) is 0. The van der Waals surface area contributed by atoms with Crippen LogP contribution in [0.4, 0.5) is 0 Å². The van der Waals surface area contributed by atoms with E-state index >= 15 is 0 Å². The van der Waals surface area contributed by atoms with Crippen LogP contribution in [0.2, 0.25) is 0 Å². The number of rotatable bonds is 3. The normalized spacial score (nSPS) is 29.5. The Hall–Kier alpha value is -0.920. The van der Waals surface area contributed by atoms with E-state index in [-0.39, 0.29) is 11.6 Å².